The lowest BCUT2D eigenvalue weighted by Crippen LogP contribution is -2.59. The summed E-state index contributed by atoms with van der Waals surface area (Å²) in [5, 5.41) is 15.6. The Hall–Kier alpha value is -4.47. The second kappa shape index (κ2) is 14.5. The van der Waals surface area contributed by atoms with E-state index in [1.807, 2.05) is 43.3 Å². The van der Waals surface area contributed by atoms with E-state index in [4.69, 9.17) is 14.2 Å². The van der Waals surface area contributed by atoms with Gasteiger partial charge in [-0.2, -0.15) is 0 Å². The van der Waals surface area contributed by atoms with E-state index in [2.05, 4.69) is 32.5 Å². The molecule has 4 amide bonds. The normalized spacial score (nSPS) is 35.4. The summed E-state index contributed by atoms with van der Waals surface area (Å²) in [6.07, 6.45) is 8.26. The Labute approximate surface area is 327 Å². The summed E-state index contributed by atoms with van der Waals surface area (Å²) in [6.45, 7) is 5.58. The molecule has 3 N–H and O–H groups in total. The number of methoxy groups -OCH3 is 1. The summed E-state index contributed by atoms with van der Waals surface area (Å²) >= 11 is 0. The van der Waals surface area contributed by atoms with Crippen molar-refractivity contribution in [3.8, 4) is 11.8 Å². The Morgan fingerprint density at radius 1 is 0.964 bits per heavy atom. The third-order valence-electron chi connectivity index (χ3n) is 13.1. The molecule has 0 spiro atoms. The maximum atomic E-state index is 14.9. The number of allylic oxidation sites excluding steroid dienone is 1. The predicted octanol–water partition coefficient (Wildman–Crippen LogP) is 3.77. The van der Waals surface area contributed by atoms with E-state index in [0.717, 1.165) is 19.3 Å². The Morgan fingerprint density at radius 3 is 2.36 bits per heavy atom. The Kier molecular flexibility index (Phi) is 9.93. The SMILES string of the molecule is COc1nnc(O[C@@H]2C[C@H]3C(=O)N[C@]4(C(=O)NS(=O)(=O)C5(C)CC5)C[C@H]4/C=C\CC[C@@H](C)C[C@@H](C)[C@H](NC(=O)OC4C[C@@H]5C[C@@H]5C4)C(=O)N3C2)c2ccccc12. The number of hydrogen-bond donors (Lipinski definition) is 3. The molecular weight excluding hydrogens is 741 g/mol. The van der Waals surface area contributed by atoms with E-state index < -0.39 is 68.2 Å². The average Bonchev–Trinajstić information content (AvgIpc) is 4.12. The van der Waals surface area contributed by atoms with Gasteiger partial charge in [0.2, 0.25) is 33.6 Å². The van der Waals surface area contributed by atoms with Gasteiger partial charge in [0.25, 0.3) is 5.91 Å². The molecular formula is C40H52N6O9S. The number of benzene rings is 1. The van der Waals surface area contributed by atoms with Gasteiger partial charge in [-0.15, -0.1) is 10.2 Å². The van der Waals surface area contributed by atoms with Crippen LogP contribution in [0.2, 0.25) is 0 Å². The van der Waals surface area contributed by atoms with Crippen LogP contribution in [0.3, 0.4) is 0 Å². The van der Waals surface area contributed by atoms with Crippen molar-refractivity contribution in [1.82, 2.24) is 30.5 Å². The molecule has 2 aliphatic heterocycles. The molecule has 4 aliphatic carbocycles. The van der Waals surface area contributed by atoms with Crippen LogP contribution >= 0.6 is 0 Å². The molecule has 2 aromatic rings. The highest BCUT2D eigenvalue weighted by molar-refractivity contribution is 7.91. The molecule has 3 heterocycles. The molecule has 5 fully saturated rings. The van der Waals surface area contributed by atoms with Gasteiger partial charge in [0, 0.05) is 12.3 Å². The van der Waals surface area contributed by atoms with Crippen molar-refractivity contribution >= 4 is 44.6 Å². The number of nitrogens with zero attached hydrogens (tertiary/aromatic N) is 3. The number of carbonyl (C=O) groups excluding carboxylic acids is 4. The van der Waals surface area contributed by atoms with Crippen LogP contribution in [0.5, 0.6) is 11.8 Å². The van der Waals surface area contributed by atoms with Crippen molar-refractivity contribution in [2.24, 2.45) is 29.6 Å². The number of amides is 4. The van der Waals surface area contributed by atoms with E-state index >= 15 is 0 Å². The quantitative estimate of drug-likeness (QED) is 0.330. The largest absolute Gasteiger partial charge is 0.479 e. The van der Waals surface area contributed by atoms with Gasteiger partial charge < -0.3 is 29.7 Å². The van der Waals surface area contributed by atoms with Gasteiger partial charge in [-0.3, -0.25) is 19.1 Å². The van der Waals surface area contributed by atoms with Crippen LogP contribution in [0.4, 0.5) is 4.79 Å². The second-order valence-electron chi connectivity index (χ2n) is 17.4. The zero-order valence-corrected chi connectivity index (χ0v) is 33.2. The summed E-state index contributed by atoms with van der Waals surface area (Å²) in [7, 11) is -2.50. The minimum absolute atomic E-state index is 0.0288. The molecule has 15 nitrogen and oxygen atoms in total. The van der Waals surface area contributed by atoms with Crippen molar-refractivity contribution < 1.29 is 41.8 Å². The summed E-state index contributed by atoms with van der Waals surface area (Å²) < 4.78 is 45.3. The molecule has 1 saturated heterocycles. The lowest BCUT2D eigenvalue weighted by atomic mass is 9.88. The molecule has 0 bridgehead atoms. The van der Waals surface area contributed by atoms with Crippen molar-refractivity contribution in [3.63, 3.8) is 0 Å². The highest BCUT2D eigenvalue weighted by Gasteiger charge is 2.63. The lowest BCUT2D eigenvalue weighted by Gasteiger charge is -2.33. The van der Waals surface area contributed by atoms with Gasteiger partial charge in [0.05, 0.1) is 29.2 Å². The summed E-state index contributed by atoms with van der Waals surface area (Å²) in [6, 6.07) is 5.15. The molecule has 4 saturated carbocycles. The number of nitrogens with one attached hydrogen (secondary N) is 3. The van der Waals surface area contributed by atoms with Gasteiger partial charge in [0.15, 0.2) is 0 Å². The predicted molar refractivity (Wildman–Crippen MR) is 204 cm³/mol. The molecule has 10 atom stereocenters. The monoisotopic (exact) mass is 792 g/mol. The van der Waals surface area contributed by atoms with Crippen LogP contribution in [0.25, 0.3) is 10.8 Å². The van der Waals surface area contributed by atoms with Crippen LogP contribution in [-0.2, 0) is 29.1 Å². The first-order valence-electron chi connectivity index (χ1n) is 20.0. The number of carbonyl (C=O) groups is 4. The smallest absolute Gasteiger partial charge is 0.408 e. The van der Waals surface area contributed by atoms with Crippen molar-refractivity contribution in [2.75, 3.05) is 13.7 Å². The maximum absolute atomic E-state index is 14.9. The number of sulfonamides is 1. The van der Waals surface area contributed by atoms with Crippen molar-refractivity contribution in [2.45, 2.75) is 120 Å². The number of aromatic nitrogens is 2. The Bertz CT molecular complexity index is 2050. The number of rotatable bonds is 8. The van der Waals surface area contributed by atoms with Crippen LogP contribution < -0.4 is 24.8 Å². The zero-order chi connectivity index (χ0) is 39.6. The van der Waals surface area contributed by atoms with E-state index in [9.17, 15) is 27.6 Å². The van der Waals surface area contributed by atoms with Crippen LogP contribution in [0.1, 0.15) is 85.0 Å². The van der Waals surface area contributed by atoms with Crippen LogP contribution in [0, 0.1) is 29.6 Å². The fourth-order valence-corrected chi connectivity index (χ4v) is 10.4. The Morgan fingerprint density at radius 2 is 1.66 bits per heavy atom. The molecule has 56 heavy (non-hydrogen) atoms. The summed E-state index contributed by atoms with van der Waals surface area (Å²) in [5.74, 6) is -0.794. The minimum Gasteiger partial charge on any atom is -0.479 e. The summed E-state index contributed by atoms with van der Waals surface area (Å²) in [5.41, 5.74) is -1.53. The molecule has 302 valence electrons. The first-order valence-corrected chi connectivity index (χ1v) is 21.5. The fraction of sp³-hybridized carbons (Fsp3) is 0.650. The molecule has 0 radical (unpaired) electrons. The van der Waals surface area contributed by atoms with Gasteiger partial charge in [0.1, 0.15) is 29.8 Å². The third-order valence-corrected chi connectivity index (χ3v) is 15.2. The minimum atomic E-state index is -4.00. The highest BCUT2D eigenvalue weighted by Crippen LogP contribution is 2.52. The lowest BCUT2D eigenvalue weighted by molar-refractivity contribution is -0.142. The first kappa shape index (κ1) is 38.4. The van der Waals surface area contributed by atoms with E-state index in [1.54, 1.807) is 6.92 Å². The molecule has 8 rings (SSSR count). The van der Waals surface area contributed by atoms with E-state index in [1.165, 1.54) is 18.4 Å². The highest BCUT2D eigenvalue weighted by atomic mass is 32.2. The number of fused-ring (bicyclic) bond motifs is 4. The standard InChI is InChI=1S/C40H52N6O9S/c1-22-9-5-6-10-26-20-40(26,37(49)45-56(51,52)39(3)13-14-39)42-33(47)31-19-28(54-35-30-12-8-7-11-29(30)34(53-4)43-44-35)21-46(31)36(48)32(23(2)15-22)41-38(50)55-27-17-24-16-25(24)18-27/h6-8,10-12,22-28,31-32H,5,9,13-21H2,1-4H3,(H,41,50)(H,42,47)(H,45,49)/b10-6-/t22-,23-,24-,25+,26-,27?,28-,31+,32+,40-/m1/s1. The number of alkyl carbamates (subject to hydrolysis) is 1. The fourth-order valence-electron chi connectivity index (χ4n) is 9.12. The molecule has 1 aromatic heterocycles. The summed E-state index contributed by atoms with van der Waals surface area (Å²) in [4.78, 5) is 58.2. The zero-order valence-electron chi connectivity index (χ0n) is 32.4. The Balaban J connectivity index is 1.10. The number of ether oxygens (including phenoxy) is 3. The van der Waals surface area contributed by atoms with Gasteiger partial charge in [-0.25, -0.2) is 13.2 Å². The number of hydrogen-bond acceptors (Lipinski definition) is 11. The molecule has 1 unspecified atom stereocenters. The van der Waals surface area contributed by atoms with E-state index in [-0.39, 0.29) is 43.2 Å². The third kappa shape index (κ3) is 7.40. The van der Waals surface area contributed by atoms with Gasteiger partial charge in [-0.1, -0.05) is 38.1 Å². The molecule has 1 aromatic carbocycles. The first-order chi connectivity index (χ1) is 26.7. The van der Waals surface area contributed by atoms with Gasteiger partial charge in [-0.05, 0) is 101 Å². The topological polar surface area (TPSA) is 195 Å². The van der Waals surface area contributed by atoms with Crippen LogP contribution in [0.15, 0.2) is 36.4 Å². The van der Waals surface area contributed by atoms with Crippen molar-refractivity contribution in [3.05, 3.63) is 36.4 Å². The maximum Gasteiger partial charge on any atom is 0.408 e. The van der Waals surface area contributed by atoms with Gasteiger partial charge >= 0.3 is 6.09 Å². The second-order valence-corrected chi connectivity index (χ2v) is 19.6. The molecule has 16 heteroatoms. The van der Waals surface area contributed by atoms with E-state index in [0.29, 0.717) is 54.2 Å². The van der Waals surface area contributed by atoms with Crippen LogP contribution in [-0.4, -0.2) is 95.6 Å². The average molecular weight is 793 g/mol. The molecule has 6 aliphatic rings. The van der Waals surface area contributed by atoms with Crippen molar-refractivity contribution in [1.29, 1.82) is 0 Å².